The van der Waals surface area contributed by atoms with Crippen LogP contribution in [0.4, 0.5) is 4.39 Å². The Kier molecular flexibility index (Phi) is 5.95. The van der Waals surface area contributed by atoms with E-state index in [-0.39, 0.29) is 17.8 Å². The third-order valence-electron chi connectivity index (χ3n) is 2.88. The summed E-state index contributed by atoms with van der Waals surface area (Å²) in [5.74, 6) is -0.179. The van der Waals surface area contributed by atoms with E-state index >= 15 is 0 Å². The van der Waals surface area contributed by atoms with Crippen molar-refractivity contribution < 1.29 is 18.7 Å². The van der Waals surface area contributed by atoms with E-state index in [1.54, 1.807) is 6.92 Å². The number of ether oxygens (including phenoxy) is 2. The largest absolute Gasteiger partial charge is 0.487 e. The van der Waals surface area contributed by atoms with Crippen molar-refractivity contribution in [3.8, 4) is 5.75 Å². The number of esters is 1. The first-order valence-electron chi connectivity index (χ1n) is 6.69. The summed E-state index contributed by atoms with van der Waals surface area (Å²) < 4.78 is 23.9. The van der Waals surface area contributed by atoms with Gasteiger partial charge in [-0.1, -0.05) is 13.8 Å². The Labute approximate surface area is 119 Å². The molecule has 0 aromatic heterocycles. The van der Waals surface area contributed by atoms with Gasteiger partial charge in [-0.05, 0) is 44.0 Å². The molecule has 0 aliphatic heterocycles. The molecule has 0 fully saturated rings. The molecule has 20 heavy (non-hydrogen) atoms. The Hall–Kier alpha value is -1.62. The van der Waals surface area contributed by atoms with Crippen LogP contribution in [0, 0.1) is 11.7 Å². The monoisotopic (exact) mass is 283 g/mol. The van der Waals surface area contributed by atoms with Gasteiger partial charge in [-0.3, -0.25) is 4.79 Å². The van der Waals surface area contributed by atoms with Crippen LogP contribution in [0.25, 0.3) is 0 Å². The average Bonchev–Trinajstić information content (AvgIpc) is 2.37. The molecule has 0 saturated carbocycles. The fraction of sp³-hybridized carbons (Fsp3) is 0.533. The van der Waals surface area contributed by atoms with Crippen molar-refractivity contribution in [3.63, 3.8) is 0 Å². The fourth-order valence-corrected chi connectivity index (χ4v) is 1.81. The van der Waals surface area contributed by atoms with Crippen molar-refractivity contribution in [1.82, 2.24) is 0 Å². The molecule has 0 unspecified atom stereocenters. The van der Waals surface area contributed by atoms with E-state index in [0.29, 0.717) is 5.75 Å². The molecular formula is C15H22FNO3. The Bertz CT molecular complexity index is 431. The van der Waals surface area contributed by atoms with Crippen LogP contribution in [-0.2, 0) is 9.53 Å². The fourth-order valence-electron chi connectivity index (χ4n) is 1.81. The second kappa shape index (κ2) is 7.24. The summed E-state index contributed by atoms with van der Waals surface area (Å²) in [6.07, 6.45) is -0.776. The van der Waals surface area contributed by atoms with Crippen LogP contribution in [0.1, 0.15) is 27.7 Å². The molecule has 3 atom stereocenters. The van der Waals surface area contributed by atoms with E-state index in [2.05, 4.69) is 0 Å². The molecule has 1 aromatic rings. The second-order valence-electron chi connectivity index (χ2n) is 5.21. The molecule has 0 bridgehead atoms. The van der Waals surface area contributed by atoms with Gasteiger partial charge in [-0.15, -0.1) is 0 Å². The maximum atomic E-state index is 12.8. The highest BCUT2D eigenvalue weighted by Crippen LogP contribution is 2.19. The number of halogens is 1. The van der Waals surface area contributed by atoms with Crippen molar-refractivity contribution in [3.05, 3.63) is 30.1 Å². The summed E-state index contributed by atoms with van der Waals surface area (Å²) in [4.78, 5) is 11.6. The summed E-state index contributed by atoms with van der Waals surface area (Å²) in [5.41, 5.74) is 5.50. The second-order valence-corrected chi connectivity index (χ2v) is 5.21. The van der Waals surface area contributed by atoms with Gasteiger partial charge in [-0.2, -0.15) is 0 Å². The van der Waals surface area contributed by atoms with Gasteiger partial charge in [0.1, 0.15) is 29.8 Å². The Balaban J connectivity index is 2.71. The number of benzene rings is 1. The lowest BCUT2D eigenvalue weighted by Crippen LogP contribution is -2.41. The zero-order valence-corrected chi connectivity index (χ0v) is 12.3. The van der Waals surface area contributed by atoms with Crippen molar-refractivity contribution in [2.24, 2.45) is 11.7 Å². The molecule has 0 amide bonds. The maximum Gasteiger partial charge on any atom is 0.323 e. The number of carbonyl (C=O) groups excluding carboxylic acids is 1. The minimum Gasteiger partial charge on any atom is -0.487 e. The lowest BCUT2D eigenvalue weighted by Gasteiger charge is -2.28. The summed E-state index contributed by atoms with van der Waals surface area (Å²) in [6.45, 7) is 7.25. The summed E-state index contributed by atoms with van der Waals surface area (Å²) in [5, 5.41) is 0. The van der Waals surface area contributed by atoms with E-state index in [9.17, 15) is 9.18 Å². The van der Waals surface area contributed by atoms with Crippen molar-refractivity contribution >= 4 is 5.97 Å². The topological polar surface area (TPSA) is 61.5 Å². The van der Waals surface area contributed by atoms with E-state index < -0.39 is 18.1 Å². The first-order valence-corrected chi connectivity index (χ1v) is 6.69. The molecule has 1 aromatic carbocycles. The summed E-state index contributed by atoms with van der Waals surface area (Å²) in [7, 11) is 0. The van der Waals surface area contributed by atoms with Gasteiger partial charge in [0.25, 0.3) is 0 Å². The van der Waals surface area contributed by atoms with Crippen LogP contribution in [0.3, 0.4) is 0 Å². The van der Waals surface area contributed by atoms with Crippen LogP contribution < -0.4 is 10.5 Å². The number of hydrogen-bond acceptors (Lipinski definition) is 4. The van der Waals surface area contributed by atoms with Gasteiger partial charge in [0.05, 0.1) is 0 Å². The normalized spacial score (nSPS) is 15.6. The number of carbonyl (C=O) groups is 1. The smallest absolute Gasteiger partial charge is 0.323 e. The number of hydrogen-bond donors (Lipinski definition) is 1. The third-order valence-corrected chi connectivity index (χ3v) is 2.88. The Morgan fingerprint density at radius 2 is 1.70 bits per heavy atom. The highest BCUT2D eigenvalue weighted by molar-refractivity contribution is 5.75. The predicted octanol–water partition coefficient (Wildman–Crippen LogP) is 2.51. The van der Waals surface area contributed by atoms with E-state index in [1.165, 1.54) is 24.3 Å². The molecule has 2 N–H and O–H groups in total. The SMILES string of the molecule is CC(C)[C@H](OC(=O)[C@H](C)N)[C@H](C)Oc1ccc(F)cc1. The van der Waals surface area contributed by atoms with E-state index in [0.717, 1.165) is 0 Å². The summed E-state index contributed by atoms with van der Waals surface area (Å²) in [6, 6.07) is 5.04. The standard InChI is InChI=1S/C15H22FNO3/c1-9(2)14(20-15(18)10(3)17)11(4)19-13-7-5-12(16)6-8-13/h5-11,14H,17H2,1-4H3/t10-,11-,14-/m0/s1. The summed E-state index contributed by atoms with van der Waals surface area (Å²) >= 11 is 0. The van der Waals surface area contributed by atoms with Crippen molar-refractivity contribution in [1.29, 1.82) is 0 Å². The molecule has 1 rings (SSSR count). The molecule has 0 heterocycles. The van der Waals surface area contributed by atoms with Crippen LogP contribution >= 0.6 is 0 Å². The van der Waals surface area contributed by atoms with Crippen molar-refractivity contribution in [2.45, 2.75) is 45.9 Å². The quantitative estimate of drug-likeness (QED) is 0.815. The minimum atomic E-state index is -0.672. The van der Waals surface area contributed by atoms with Gasteiger partial charge in [-0.25, -0.2) is 4.39 Å². The molecular weight excluding hydrogens is 261 g/mol. The van der Waals surface area contributed by atoms with Crippen LogP contribution in [0.5, 0.6) is 5.75 Å². The van der Waals surface area contributed by atoms with Gasteiger partial charge >= 0.3 is 5.97 Å². The lowest BCUT2D eigenvalue weighted by molar-refractivity contribution is -0.157. The van der Waals surface area contributed by atoms with Crippen LogP contribution in [0.2, 0.25) is 0 Å². The first kappa shape index (κ1) is 16.4. The predicted molar refractivity (Wildman–Crippen MR) is 74.9 cm³/mol. The molecule has 0 aliphatic rings. The average molecular weight is 283 g/mol. The lowest BCUT2D eigenvalue weighted by atomic mass is 10.0. The number of rotatable bonds is 6. The molecule has 112 valence electrons. The van der Waals surface area contributed by atoms with Crippen LogP contribution in [0.15, 0.2) is 24.3 Å². The van der Waals surface area contributed by atoms with E-state index in [1.807, 2.05) is 20.8 Å². The van der Waals surface area contributed by atoms with Gasteiger partial charge < -0.3 is 15.2 Å². The van der Waals surface area contributed by atoms with Gasteiger partial charge in [0.2, 0.25) is 0 Å². The molecule has 0 aliphatic carbocycles. The Morgan fingerprint density at radius 1 is 1.15 bits per heavy atom. The molecule has 4 nitrogen and oxygen atoms in total. The number of nitrogens with two attached hydrogens (primary N) is 1. The molecule has 0 saturated heterocycles. The zero-order valence-electron chi connectivity index (χ0n) is 12.3. The van der Waals surface area contributed by atoms with Crippen LogP contribution in [-0.4, -0.2) is 24.2 Å². The van der Waals surface area contributed by atoms with Crippen molar-refractivity contribution in [2.75, 3.05) is 0 Å². The molecule has 5 heteroatoms. The minimum absolute atomic E-state index is 0.0770. The van der Waals surface area contributed by atoms with Gasteiger partial charge in [0, 0.05) is 0 Å². The highest BCUT2D eigenvalue weighted by Gasteiger charge is 2.27. The van der Waals surface area contributed by atoms with E-state index in [4.69, 9.17) is 15.2 Å². The zero-order chi connectivity index (χ0) is 15.3. The molecule has 0 spiro atoms. The molecule has 0 radical (unpaired) electrons. The van der Waals surface area contributed by atoms with Gasteiger partial charge in [0.15, 0.2) is 0 Å². The highest BCUT2D eigenvalue weighted by atomic mass is 19.1. The first-order chi connectivity index (χ1) is 9.31. The Morgan fingerprint density at radius 3 is 2.15 bits per heavy atom. The maximum absolute atomic E-state index is 12.8. The third kappa shape index (κ3) is 4.81.